The van der Waals surface area contributed by atoms with Gasteiger partial charge in [0.2, 0.25) is 0 Å². The Hall–Kier alpha value is -1.91. The van der Waals surface area contributed by atoms with Crippen LogP contribution in [-0.2, 0) is 4.74 Å². The molecular formula is C17H26N2O3. The van der Waals surface area contributed by atoms with Gasteiger partial charge in [-0.3, -0.25) is 0 Å². The van der Waals surface area contributed by atoms with Crippen LogP contribution in [0.15, 0.2) is 24.3 Å². The average Bonchev–Trinajstić information content (AvgIpc) is 2.44. The number of rotatable bonds is 3. The Bertz CT molecular complexity index is 503. The molecule has 1 saturated heterocycles. The number of amides is 1. The summed E-state index contributed by atoms with van der Waals surface area (Å²) in [5.74, 6) is 0.771. The molecule has 1 aromatic carbocycles. The van der Waals surface area contributed by atoms with Crippen molar-refractivity contribution in [1.29, 1.82) is 0 Å². The molecule has 2 N–H and O–H groups in total. The Balaban J connectivity index is 1.74. The standard InChI is InChI=1S/C17H26N2O3/c1-17(2,3)22-16(21)18-12-13-7-9-19(10-8-13)14-5-4-6-15(20)11-14/h4-6,11,13,20H,7-10,12H2,1-3H3,(H,18,21). The molecule has 0 unspecified atom stereocenters. The van der Waals surface area contributed by atoms with Crippen LogP contribution in [-0.4, -0.2) is 36.4 Å². The highest BCUT2D eigenvalue weighted by molar-refractivity contribution is 5.67. The summed E-state index contributed by atoms with van der Waals surface area (Å²) in [4.78, 5) is 13.9. The summed E-state index contributed by atoms with van der Waals surface area (Å²) < 4.78 is 5.24. The van der Waals surface area contributed by atoms with Crippen LogP contribution in [0.2, 0.25) is 0 Å². The van der Waals surface area contributed by atoms with Crippen molar-refractivity contribution in [2.45, 2.75) is 39.2 Å². The molecule has 0 radical (unpaired) electrons. The first-order valence-electron chi connectivity index (χ1n) is 7.84. The molecule has 5 nitrogen and oxygen atoms in total. The lowest BCUT2D eigenvalue weighted by Crippen LogP contribution is -2.40. The molecule has 0 saturated carbocycles. The first-order chi connectivity index (χ1) is 10.3. The number of aromatic hydroxyl groups is 1. The highest BCUT2D eigenvalue weighted by Gasteiger charge is 2.21. The number of carbonyl (C=O) groups is 1. The van der Waals surface area contributed by atoms with E-state index in [-0.39, 0.29) is 6.09 Å². The smallest absolute Gasteiger partial charge is 0.407 e. The molecule has 1 aliphatic heterocycles. The molecule has 0 aromatic heterocycles. The summed E-state index contributed by atoms with van der Waals surface area (Å²) in [6, 6.07) is 7.35. The lowest BCUT2D eigenvalue weighted by molar-refractivity contribution is 0.0517. The van der Waals surface area contributed by atoms with E-state index in [1.807, 2.05) is 32.9 Å². The Morgan fingerprint density at radius 2 is 2.05 bits per heavy atom. The van der Waals surface area contributed by atoms with Gasteiger partial charge in [0.1, 0.15) is 11.4 Å². The summed E-state index contributed by atoms with van der Waals surface area (Å²) in [5, 5.41) is 12.4. The van der Waals surface area contributed by atoms with Gasteiger partial charge in [0.05, 0.1) is 0 Å². The van der Waals surface area contributed by atoms with Crippen LogP contribution in [0, 0.1) is 5.92 Å². The van der Waals surface area contributed by atoms with E-state index in [1.54, 1.807) is 12.1 Å². The fraction of sp³-hybridized carbons (Fsp3) is 0.588. The van der Waals surface area contributed by atoms with Gasteiger partial charge in [-0.25, -0.2) is 4.79 Å². The second-order valence-electron chi connectivity index (χ2n) is 6.83. The Kier molecular flexibility index (Phi) is 5.16. The van der Waals surface area contributed by atoms with Gasteiger partial charge in [0, 0.05) is 31.4 Å². The number of hydrogen-bond donors (Lipinski definition) is 2. The van der Waals surface area contributed by atoms with Gasteiger partial charge in [-0.15, -0.1) is 0 Å². The van der Waals surface area contributed by atoms with E-state index in [4.69, 9.17) is 4.74 Å². The van der Waals surface area contributed by atoms with Gasteiger partial charge in [0.25, 0.3) is 0 Å². The largest absolute Gasteiger partial charge is 0.508 e. The summed E-state index contributed by atoms with van der Waals surface area (Å²) in [6.07, 6.45) is 1.69. The van der Waals surface area contributed by atoms with E-state index in [0.29, 0.717) is 18.2 Å². The van der Waals surface area contributed by atoms with Crippen molar-refractivity contribution < 1.29 is 14.6 Å². The quantitative estimate of drug-likeness (QED) is 0.900. The fourth-order valence-corrected chi connectivity index (χ4v) is 2.63. The van der Waals surface area contributed by atoms with E-state index in [9.17, 15) is 9.90 Å². The number of nitrogens with one attached hydrogen (secondary N) is 1. The second-order valence-corrected chi connectivity index (χ2v) is 6.83. The van der Waals surface area contributed by atoms with Gasteiger partial charge < -0.3 is 20.1 Å². The molecule has 1 aliphatic rings. The Morgan fingerprint density at radius 3 is 2.64 bits per heavy atom. The molecule has 22 heavy (non-hydrogen) atoms. The van der Waals surface area contributed by atoms with E-state index >= 15 is 0 Å². The highest BCUT2D eigenvalue weighted by atomic mass is 16.6. The van der Waals surface area contributed by atoms with Crippen molar-refractivity contribution in [1.82, 2.24) is 5.32 Å². The molecule has 0 bridgehead atoms. The van der Waals surface area contributed by atoms with Crippen LogP contribution >= 0.6 is 0 Å². The summed E-state index contributed by atoms with van der Waals surface area (Å²) in [6.45, 7) is 8.11. The number of piperidine rings is 1. The highest BCUT2D eigenvalue weighted by Crippen LogP contribution is 2.25. The Labute approximate surface area is 132 Å². The number of hydrogen-bond acceptors (Lipinski definition) is 4. The SMILES string of the molecule is CC(C)(C)OC(=O)NCC1CCN(c2cccc(O)c2)CC1. The third kappa shape index (κ3) is 5.13. The number of phenolic OH excluding ortho intramolecular Hbond substituents is 1. The van der Waals surface area contributed by atoms with Gasteiger partial charge in [0.15, 0.2) is 0 Å². The maximum absolute atomic E-state index is 11.7. The molecular weight excluding hydrogens is 280 g/mol. The van der Waals surface area contributed by atoms with Crippen LogP contribution in [0.4, 0.5) is 10.5 Å². The van der Waals surface area contributed by atoms with Crippen LogP contribution in [0.5, 0.6) is 5.75 Å². The molecule has 1 fully saturated rings. The first kappa shape index (κ1) is 16.5. The molecule has 122 valence electrons. The maximum Gasteiger partial charge on any atom is 0.407 e. The fourth-order valence-electron chi connectivity index (χ4n) is 2.63. The minimum Gasteiger partial charge on any atom is -0.508 e. The zero-order chi connectivity index (χ0) is 16.2. The molecule has 1 heterocycles. The van der Waals surface area contributed by atoms with E-state index < -0.39 is 5.60 Å². The monoisotopic (exact) mass is 306 g/mol. The maximum atomic E-state index is 11.7. The predicted octanol–water partition coefficient (Wildman–Crippen LogP) is 3.13. The average molecular weight is 306 g/mol. The van der Waals surface area contributed by atoms with Crippen molar-refractivity contribution >= 4 is 11.8 Å². The van der Waals surface area contributed by atoms with E-state index in [1.165, 1.54) is 0 Å². The molecule has 2 rings (SSSR count). The predicted molar refractivity (Wildman–Crippen MR) is 87.3 cm³/mol. The first-order valence-corrected chi connectivity index (χ1v) is 7.84. The normalized spacial score (nSPS) is 16.4. The number of ether oxygens (including phenoxy) is 1. The minimum absolute atomic E-state index is 0.297. The van der Waals surface area contributed by atoms with Crippen molar-refractivity contribution in [2.75, 3.05) is 24.5 Å². The Morgan fingerprint density at radius 1 is 1.36 bits per heavy atom. The topological polar surface area (TPSA) is 61.8 Å². The van der Waals surface area contributed by atoms with Crippen LogP contribution in [0.25, 0.3) is 0 Å². The van der Waals surface area contributed by atoms with Crippen LogP contribution < -0.4 is 10.2 Å². The lowest BCUT2D eigenvalue weighted by atomic mass is 9.96. The van der Waals surface area contributed by atoms with Gasteiger partial charge in [-0.05, 0) is 51.7 Å². The third-order valence-electron chi connectivity index (χ3n) is 3.74. The molecule has 1 aromatic rings. The number of carbonyl (C=O) groups excluding carboxylic acids is 1. The third-order valence-corrected chi connectivity index (χ3v) is 3.74. The number of anilines is 1. The molecule has 5 heteroatoms. The van der Waals surface area contributed by atoms with Crippen LogP contribution in [0.3, 0.4) is 0 Å². The lowest BCUT2D eigenvalue weighted by Gasteiger charge is -2.33. The summed E-state index contributed by atoms with van der Waals surface area (Å²) >= 11 is 0. The van der Waals surface area contributed by atoms with Crippen molar-refractivity contribution in [3.63, 3.8) is 0 Å². The van der Waals surface area contributed by atoms with Crippen molar-refractivity contribution in [3.05, 3.63) is 24.3 Å². The van der Waals surface area contributed by atoms with Crippen molar-refractivity contribution in [3.8, 4) is 5.75 Å². The second kappa shape index (κ2) is 6.90. The van der Waals surface area contributed by atoms with Crippen LogP contribution in [0.1, 0.15) is 33.6 Å². The van der Waals surface area contributed by atoms with Gasteiger partial charge in [-0.1, -0.05) is 6.07 Å². The number of phenols is 1. The molecule has 0 spiro atoms. The zero-order valence-corrected chi connectivity index (χ0v) is 13.6. The van der Waals surface area contributed by atoms with E-state index in [0.717, 1.165) is 31.6 Å². The molecule has 0 atom stereocenters. The summed E-state index contributed by atoms with van der Waals surface area (Å²) in [7, 11) is 0. The van der Waals surface area contributed by atoms with E-state index in [2.05, 4.69) is 10.2 Å². The summed E-state index contributed by atoms with van der Waals surface area (Å²) in [5.41, 5.74) is 0.599. The van der Waals surface area contributed by atoms with Gasteiger partial charge >= 0.3 is 6.09 Å². The van der Waals surface area contributed by atoms with Gasteiger partial charge in [-0.2, -0.15) is 0 Å². The number of alkyl carbamates (subject to hydrolysis) is 1. The number of nitrogens with zero attached hydrogens (tertiary/aromatic N) is 1. The minimum atomic E-state index is -0.456. The van der Waals surface area contributed by atoms with Crippen molar-refractivity contribution in [2.24, 2.45) is 5.92 Å². The zero-order valence-electron chi connectivity index (χ0n) is 13.6. The number of benzene rings is 1. The molecule has 0 aliphatic carbocycles. The molecule has 1 amide bonds.